The van der Waals surface area contributed by atoms with Gasteiger partial charge in [0.05, 0.1) is 6.61 Å². The molecule has 0 aliphatic heterocycles. The van der Waals surface area contributed by atoms with Crippen molar-refractivity contribution in [3.8, 4) is 0 Å². The van der Waals surface area contributed by atoms with E-state index >= 15 is 0 Å². The largest absolute Gasteiger partial charge is 0.462 e. The fourth-order valence-electron chi connectivity index (χ4n) is 1.15. The molecule has 94 valence electrons. The van der Waals surface area contributed by atoms with Crippen molar-refractivity contribution >= 4 is 46.2 Å². The molecule has 0 amide bonds. The molecule has 0 aromatic heterocycles. The number of esters is 1. The molecule has 18 heavy (non-hydrogen) atoms. The monoisotopic (exact) mass is 377 g/mol. The molecule has 0 fully saturated rings. The molecule has 1 rings (SSSR count). The number of nitrogens with zero attached hydrogens (tertiary/aromatic N) is 3. The van der Waals surface area contributed by atoms with Gasteiger partial charge in [0.15, 0.2) is 0 Å². The molecule has 0 N–H and O–H groups in total. The van der Waals surface area contributed by atoms with E-state index in [-0.39, 0.29) is 12.3 Å². The van der Waals surface area contributed by atoms with Crippen LogP contribution in [0.3, 0.4) is 0 Å². The average molecular weight is 378 g/mol. The van der Waals surface area contributed by atoms with E-state index in [1.165, 1.54) is 6.08 Å². The minimum Gasteiger partial charge on any atom is -0.462 e. The predicted molar refractivity (Wildman–Crippen MR) is 77.9 cm³/mol. The molecule has 5 nitrogen and oxygen atoms in total. The maximum Gasteiger partial charge on any atom is 0.340 e. The van der Waals surface area contributed by atoms with Crippen LogP contribution in [0.2, 0.25) is 5.02 Å². The summed E-state index contributed by atoms with van der Waals surface area (Å²) in [4.78, 5) is 14.1. The van der Waals surface area contributed by atoms with Crippen LogP contribution in [0.4, 0.5) is 0 Å². The lowest BCUT2D eigenvalue weighted by molar-refractivity contribution is -0.138. The second kappa shape index (κ2) is 7.25. The molecule has 1 aromatic carbocycles. The zero-order valence-corrected chi connectivity index (χ0v) is 12.3. The van der Waals surface area contributed by atoms with Crippen LogP contribution >= 0.6 is 34.2 Å². The molecule has 0 aliphatic rings. The second-order valence-corrected chi connectivity index (χ2v) is 4.76. The summed E-state index contributed by atoms with van der Waals surface area (Å²) in [5, 5.41) is 3.78. The summed E-state index contributed by atoms with van der Waals surface area (Å²) >= 11 is 8.14. The van der Waals surface area contributed by atoms with Crippen molar-refractivity contribution in [1.82, 2.24) is 0 Å². The van der Waals surface area contributed by atoms with E-state index in [4.69, 9.17) is 21.9 Å². The Morgan fingerprint density at radius 3 is 2.94 bits per heavy atom. The Morgan fingerprint density at radius 2 is 2.39 bits per heavy atom. The van der Waals surface area contributed by atoms with Gasteiger partial charge in [-0.05, 0) is 58.8 Å². The number of ether oxygens (including phenoxy) is 1. The van der Waals surface area contributed by atoms with Gasteiger partial charge in [0, 0.05) is 13.5 Å². The molecule has 0 aliphatic carbocycles. The Labute approximate surface area is 123 Å². The van der Waals surface area contributed by atoms with Gasteiger partial charge in [-0.1, -0.05) is 22.8 Å². The van der Waals surface area contributed by atoms with Crippen molar-refractivity contribution < 1.29 is 9.53 Å². The zero-order chi connectivity index (χ0) is 13.5. The lowest BCUT2D eigenvalue weighted by Gasteiger charge is -2.03. The average Bonchev–Trinajstić information content (AvgIpc) is 2.32. The van der Waals surface area contributed by atoms with E-state index in [9.17, 15) is 4.79 Å². The first kappa shape index (κ1) is 14.8. The van der Waals surface area contributed by atoms with Crippen LogP contribution < -0.4 is 0 Å². The van der Waals surface area contributed by atoms with Crippen molar-refractivity contribution in [2.75, 3.05) is 6.61 Å². The van der Waals surface area contributed by atoms with Crippen LogP contribution in [-0.4, -0.2) is 12.6 Å². The fraction of sp³-hybridized carbons (Fsp3) is 0.182. The number of hydrogen-bond acceptors (Lipinski definition) is 3. The van der Waals surface area contributed by atoms with E-state index in [0.717, 1.165) is 3.57 Å². The minimum absolute atomic E-state index is 0.123. The van der Waals surface area contributed by atoms with Crippen molar-refractivity contribution in [3.05, 3.63) is 48.5 Å². The van der Waals surface area contributed by atoms with Crippen LogP contribution in [0.1, 0.15) is 12.5 Å². The first-order valence-electron chi connectivity index (χ1n) is 4.97. The van der Waals surface area contributed by atoms with Crippen molar-refractivity contribution in [2.45, 2.75) is 6.92 Å². The number of carbonyl (C=O) groups is 1. The summed E-state index contributed by atoms with van der Waals surface area (Å²) < 4.78 is 5.74. The molecule has 0 bridgehead atoms. The summed E-state index contributed by atoms with van der Waals surface area (Å²) in [7, 11) is 0. The highest BCUT2D eigenvalue weighted by Gasteiger charge is 2.09. The van der Waals surface area contributed by atoms with Crippen molar-refractivity contribution in [3.63, 3.8) is 0 Å². The highest BCUT2D eigenvalue weighted by atomic mass is 127. The predicted octanol–water partition coefficient (Wildman–Crippen LogP) is 4.16. The van der Waals surface area contributed by atoms with Crippen LogP contribution in [0, 0.1) is 3.57 Å². The third-order valence-corrected chi connectivity index (χ3v) is 2.89. The Hall–Kier alpha value is -1.24. The molecular weight excluding hydrogens is 368 g/mol. The minimum atomic E-state index is -0.676. The van der Waals surface area contributed by atoms with Gasteiger partial charge in [-0.25, -0.2) is 4.79 Å². The summed E-state index contributed by atoms with van der Waals surface area (Å²) in [5.41, 5.74) is 8.89. The standard InChI is InChI=1S/C11H9ClIN3O2/c1-2-18-11(17)10(15-16-14)5-7-3-4-8(13)6-9(7)12/h3-6H,2H2,1H3/b10-5-. The summed E-state index contributed by atoms with van der Waals surface area (Å²) in [6, 6.07) is 5.31. The van der Waals surface area contributed by atoms with Gasteiger partial charge < -0.3 is 4.74 Å². The topological polar surface area (TPSA) is 75.1 Å². The Balaban J connectivity index is 3.15. The summed E-state index contributed by atoms with van der Waals surface area (Å²) in [6.45, 7) is 1.88. The van der Waals surface area contributed by atoms with Gasteiger partial charge in [0.2, 0.25) is 0 Å². The highest BCUT2D eigenvalue weighted by Crippen LogP contribution is 2.22. The smallest absolute Gasteiger partial charge is 0.340 e. The third kappa shape index (κ3) is 4.21. The highest BCUT2D eigenvalue weighted by molar-refractivity contribution is 14.1. The fourth-order valence-corrected chi connectivity index (χ4v) is 2.06. The van der Waals surface area contributed by atoms with Crippen LogP contribution in [-0.2, 0) is 9.53 Å². The van der Waals surface area contributed by atoms with E-state index in [2.05, 4.69) is 32.6 Å². The number of rotatable bonds is 4. The van der Waals surface area contributed by atoms with Gasteiger partial charge >= 0.3 is 5.97 Å². The first-order valence-corrected chi connectivity index (χ1v) is 6.43. The van der Waals surface area contributed by atoms with E-state index in [0.29, 0.717) is 10.6 Å². The first-order chi connectivity index (χ1) is 8.58. The number of benzene rings is 1. The normalized spacial score (nSPS) is 10.7. The van der Waals surface area contributed by atoms with Crippen LogP contribution in [0.25, 0.3) is 16.5 Å². The Morgan fingerprint density at radius 1 is 1.67 bits per heavy atom. The van der Waals surface area contributed by atoms with E-state index in [1.54, 1.807) is 19.1 Å². The molecule has 0 unspecified atom stereocenters. The maximum atomic E-state index is 11.5. The zero-order valence-electron chi connectivity index (χ0n) is 9.43. The van der Waals surface area contributed by atoms with Crippen LogP contribution in [0.5, 0.6) is 0 Å². The van der Waals surface area contributed by atoms with Gasteiger partial charge in [-0.3, -0.25) is 0 Å². The van der Waals surface area contributed by atoms with E-state index in [1.807, 2.05) is 6.07 Å². The van der Waals surface area contributed by atoms with E-state index < -0.39 is 5.97 Å². The lowest BCUT2D eigenvalue weighted by atomic mass is 10.2. The van der Waals surface area contributed by atoms with Gasteiger partial charge in [-0.2, -0.15) is 0 Å². The van der Waals surface area contributed by atoms with Crippen LogP contribution in [0.15, 0.2) is 29.0 Å². The molecule has 7 heteroatoms. The molecule has 0 saturated heterocycles. The Kier molecular flexibility index (Phi) is 5.97. The third-order valence-electron chi connectivity index (χ3n) is 1.89. The second-order valence-electron chi connectivity index (χ2n) is 3.11. The van der Waals surface area contributed by atoms with Crippen molar-refractivity contribution in [2.24, 2.45) is 5.11 Å². The van der Waals surface area contributed by atoms with Gasteiger partial charge in [0.25, 0.3) is 0 Å². The van der Waals surface area contributed by atoms with Crippen molar-refractivity contribution in [1.29, 1.82) is 0 Å². The molecule has 0 atom stereocenters. The van der Waals surface area contributed by atoms with Gasteiger partial charge in [0.1, 0.15) is 5.70 Å². The molecule has 0 spiro atoms. The quantitative estimate of drug-likeness (QED) is 0.197. The number of halogens is 2. The maximum absolute atomic E-state index is 11.5. The molecule has 0 heterocycles. The summed E-state index contributed by atoms with van der Waals surface area (Å²) in [5.74, 6) is -0.676. The molecule has 0 radical (unpaired) electrons. The molecular formula is C11H9ClIN3O2. The lowest BCUT2D eigenvalue weighted by Crippen LogP contribution is -2.05. The molecule has 1 aromatic rings. The van der Waals surface area contributed by atoms with Gasteiger partial charge in [-0.15, -0.1) is 0 Å². The Bertz CT molecular complexity index is 539. The number of azide groups is 1. The number of hydrogen-bond donors (Lipinski definition) is 0. The summed E-state index contributed by atoms with van der Waals surface area (Å²) in [6.07, 6.45) is 1.40. The number of carbonyl (C=O) groups excluding carboxylic acids is 1. The SMILES string of the molecule is CCOC(=O)/C(=C/c1ccc(I)cc1Cl)N=[N+]=[N-]. The molecule has 0 saturated carbocycles.